The largest absolute Gasteiger partial charge is 0.467 e. The zero-order valence-corrected chi connectivity index (χ0v) is 13.2. The van der Waals surface area contributed by atoms with E-state index >= 15 is 0 Å². The number of carbonyl (C=O) groups is 2. The molecule has 5 nitrogen and oxygen atoms in total. The molecule has 2 atom stereocenters. The van der Waals surface area contributed by atoms with Crippen LogP contribution in [0.25, 0.3) is 0 Å². The quantitative estimate of drug-likeness (QED) is 0.806. The van der Waals surface area contributed by atoms with Crippen LogP contribution in [0, 0.1) is 17.2 Å². The van der Waals surface area contributed by atoms with E-state index in [2.05, 4.69) is 10.1 Å². The van der Waals surface area contributed by atoms with Crippen LogP contribution in [-0.4, -0.2) is 25.0 Å². The van der Waals surface area contributed by atoms with Gasteiger partial charge in [0.05, 0.1) is 25.2 Å². The SMILES string of the molecule is COC(=O)[C@@H](C[C@H](C)C#N)NC(=O)Cc1ccc(C(F)(F)F)cc1. The van der Waals surface area contributed by atoms with E-state index < -0.39 is 35.6 Å². The molecule has 0 fully saturated rings. The van der Waals surface area contributed by atoms with Crippen molar-refractivity contribution in [3.63, 3.8) is 0 Å². The van der Waals surface area contributed by atoms with Crippen LogP contribution in [0.5, 0.6) is 0 Å². The number of hydrogen-bond acceptors (Lipinski definition) is 4. The van der Waals surface area contributed by atoms with E-state index in [9.17, 15) is 22.8 Å². The van der Waals surface area contributed by atoms with Gasteiger partial charge in [0.15, 0.2) is 0 Å². The molecule has 1 rings (SSSR count). The lowest BCUT2D eigenvalue weighted by Gasteiger charge is -2.17. The summed E-state index contributed by atoms with van der Waals surface area (Å²) in [6.45, 7) is 1.60. The molecule has 0 aliphatic rings. The second-order valence-electron chi connectivity index (χ2n) is 5.28. The molecule has 1 amide bonds. The number of nitrogens with zero attached hydrogens (tertiary/aromatic N) is 1. The Morgan fingerprint density at radius 1 is 1.29 bits per heavy atom. The van der Waals surface area contributed by atoms with Crippen molar-refractivity contribution in [3.05, 3.63) is 35.4 Å². The number of ether oxygens (including phenoxy) is 1. The Balaban J connectivity index is 2.72. The summed E-state index contributed by atoms with van der Waals surface area (Å²) in [5, 5.41) is 11.2. The Labute approximate surface area is 137 Å². The highest BCUT2D eigenvalue weighted by Crippen LogP contribution is 2.29. The van der Waals surface area contributed by atoms with Gasteiger partial charge in [-0.15, -0.1) is 0 Å². The minimum Gasteiger partial charge on any atom is -0.467 e. The average molecular weight is 342 g/mol. The minimum absolute atomic E-state index is 0.0852. The molecule has 8 heteroatoms. The molecule has 0 saturated carbocycles. The van der Waals surface area contributed by atoms with E-state index in [0.717, 1.165) is 19.2 Å². The molecule has 0 spiro atoms. The van der Waals surface area contributed by atoms with Crippen molar-refractivity contribution in [3.8, 4) is 6.07 Å². The van der Waals surface area contributed by atoms with Gasteiger partial charge >= 0.3 is 12.1 Å². The maximum Gasteiger partial charge on any atom is 0.416 e. The fourth-order valence-corrected chi connectivity index (χ4v) is 2.00. The second kappa shape index (κ2) is 8.34. The first-order chi connectivity index (χ1) is 11.2. The molecule has 0 unspecified atom stereocenters. The van der Waals surface area contributed by atoms with E-state index in [0.29, 0.717) is 5.56 Å². The van der Waals surface area contributed by atoms with Gasteiger partial charge in [-0.2, -0.15) is 18.4 Å². The van der Waals surface area contributed by atoms with Gasteiger partial charge in [-0.3, -0.25) is 4.79 Å². The summed E-state index contributed by atoms with van der Waals surface area (Å²) in [5.41, 5.74) is -0.431. The monoisotopic (exact) mass is 342 g/mol. The first-order valence-corrected chi connectivity index (χ1v) is 7.10. The van der Waals surface area contributed by atoms with E-state index in [1.165, 1.54) is 12.1 Å². The summed E-state index contributed by atoms with van der Waals surface area (Å²) >= 11 is 0. The number of nitriles is 1. The molecule has 0 bridgehead atoms. The standard InChI is InChI=1S/C16H17F3N2O3/c1-10(9-20)7-13(15(23)24-2)21-14(22)8-11-3-5-12(6-4-11)16(17,18)19/h3-6,10,13H,7-8H2,1-2H3,(H,21,22)/t10-,13+/m0/s1. The van der Waals surface area contributed by atoms with Gasteiger partial charge in [0.2, 0.25) is 5.91 Å². The molecular formula is C16H17F3N2O3. The highest BCUT2D eigenvalue weighted by Gasteiger charge is 2.30. The molecule has 0 aromatic heterocycles. The summed E-state index contributed by atoms with van der Waals surface area (Å²) in [5.74, 6) is -1.70. The van der Waals surface area contributed by atoms with Crippen LogP contribution in [0.4, 0.5) is 13.2 Å². The van der Waals surface area contributed by atoms with E-state index in [-0.39, 0.29) is 12.8 Å². The summed E-state index contributed by atoms with van der Waals surface area (Å²) in [4.78, 5) is 23.6. The maximum absolute atomic E-state index is 12.5. The average Bonchev–Trinajstić information content (AvgIpc) is 2.52. The number of methoxy groups -OCH3 is 1. The molecule has 1 aromatic rings. The van der Waals surface area contributed by atoms with Crippen LogP contribution in [0.2, 0.25) is 0 Å². The van der Waals surface area contributed by atoms with Crippen LogP contribution in [0.15, 0.2) is 24.3 Å². The molecule has 0 aliphatic carbocycles. The number of esters is 1. The number of benzene rings is 1. The number of halogens is 3. The third kappa shape index (κ3) is 5.91. The van der Waals surface area contributed by atoms with Crippen molar-refractivity contribution in [1.82, 2.24) is 5.32 Å². The summed E-state index contributed by atoms with van der Waals surface area (Å²) < 4.78 is 42.0. The van der Waals surface area contributed by atoms with Gasteiger partial charge in [-0.1, -0.05) is 12.1 Å². The van der Waals surface area contributed by atoms with Crippen molar-refractivity contribution in [1.29, 1.82) is 5.26 Å². The summed E-state index contributed by atoms with van der Waals surface area (Å²) in [7, 11) is 1.16. The van der Waals surface area contributed by atoms with E-state index in [4.69, 9.17) is 5.26 Å². The molecule has 0 heterocycles. The number of hydrogen-bond donors (Lipinski definition) is 1. The molecular weight excluding hydrogens is 325 g/mol. The Kier molecular flexibility index (Phi) is 6.77. The molecule has 0 aliphatic heterocycles. The number of carbonyl (C=O) groups excluding carboxylic acids is 2. The van der Waals surface area contributed by atoms with Crippen molar-refractivity contribution < 1.29 is 27.5 Å². The van der Waals surface area contributed by atoms with Crippen LogP contribution in [0.1, 0.15) is 24.5 Å². The summed E-state index contributed by atoms with van der Waals surface area (Å²) in [6.07, 6.45) is -4.54. The van der Waals surface area contributed by atoms with Crippen molar-refractivity contribution >= 4 is 11.9 Å². The van der Waals surface area contributed by atoms with Gasteiger partial charge in [0, 0.05) is 5.92 Å². The van der Waals surface area contributed by atoms with Crippen LogP contribution in [-0.2, 0) is 26.9 Å². The number of amides is 1. The van der Waals surface area contributed by atoms with Gasteiger partial charge in [0.25, 0.3) is 0 Å². The van der Waals surface area contributed by atoms with Crippen molar-refractivity contribution in [2.75, 3.05) is 7.11 Å². The normalized spacial score (nSPS) is 13.5. The van der Waals surface area contributed by atoms with Gasteiger partial charge in [-0.05, 0) is 31.0 Å². The highest BCUT2D eigenvalue weighted by molar-refractivity contribution is 5.85. The van der Waals surface area contributed by atoms with E-state index in [1.807, 2.05) is 6.07 Å². The van der Waals surface area contributed by atoms with Crippen LogP contribution in [0.3, 0.4) is 0 Å². The molecule has 24 heavy (non-hydrogen) atoms. The predicted molar refractivity (Wildman–Crippen MR) is 78.5 cm³/mol. The Bertz CT molecular complexity index is 621. The maximum atomic E-state index is 12.5. The van der Waals surface area contributed by atoms with Gasteiger partial charge < -0.3 is 10.1 Å². The van der Waals surface area contributed by atoms with Crippen molar-refractivity contribution in [2.24, 2.45) is 5.92 Å². The first-order valence-electron chi connectivity index (χ1n) is 7.10. The number of nitrogens with one attached hydrogen (secondary N) is 1. The predicted octanol–water partition coefficient (Wildman–Crippen LogP) is 2.46. The van der Waals surface area contributed by atoms with Crippen molar-refractivity contribution in [2.45, 2.75) is 32.0 Å². The lowest BCUT2D eigenvalue weighted by molar-refractivity contribution is -0.145. The third-order valence-corrected chi connectivity index (χ3v) is 3.28. The molecule has 0 saturated heterocycles. The Morgan fingerprint density at radius 2 is 1.88 bits per heavy atom. The molecule has 1 aromatic carbocycles. The second-order valence-corrected chi connectivity index (χ2v) is 5.28. The lowest BCUT2D eigenvalue weighted by Crippen LogP contribution is -2.43. The topological polar surface area (TPSA) is 79.2 Å². The Morgan fingerprint density at radius 3 is 2.33 bits per heavy atom. The number of rotatable bonds is 6. The zero-order valence-electron chi connectivity index (χ0n) is 13.2. The molecule has 1 N–H and O–H groups in total. The van der Waals surface area contributed by atoms with E-state index in [1.54, 1.807) is 6.92 Å². The molecule has 0 radical (unpaired) electrons. The van der Waals surface area contributed by atoms with Gasteiger partial charge in [0.1, 0.15) is 6.04 Å². The summed E-state index contributed by atoms with van der Waals surface area (Å²) in [6, 6.07) is 5.15. The molecule has 130 valence electrons. The fourth-order valence-electron chi connectivity index (χ4n) is 2.00. The van der Waals surface area contributed by atoms with Gasteiger partial charge in [-0.25, -0.2) is 4.79 Å². The smallest absolute Gasteiger partial charge is 0.416 e. The first kappa shape index (κ1) is 19.5. The fraction of sp³-hybridized carbons (Fsp3) is 0.438. The van der Waals surface area contributed by atoms with Crippen LogP contribution >= 0.6 is 0 Å². The number of alkyl halides is 3. The third-order valence-electron chi connectivity index (χ3n) is 3.28. The minimum atomic E-state index is -4.44. The highest BCUT2D eigenvalue weighted by atomic mass is 19.4. The zero-order chi connectivity index (χ0) is 18.3. The Hall–Kier alpha value is -2.56. The van der Waals surface area contributed by atoms with Crippen LogP contribution < -0.4 is 5.32 Å². The lowest BCUT2D eigenvalue weighted by atomic mass is 10.0.